The lowest BCUT2D eigenvalue weighted by molar-refractivity contribution is 0.427. The van der Waals surface area contributed by atoms with E-state index in [-0.39, 0.29) is 18.4 Å². The van der Waals surface area contributed by atoms with Crippen LogP contribution in [-0.4, -0.2) is 27.5 Å². The van der Waals surface area contributed by atoms with Gasteiger partial charge in [0.15, 0.2) is 0 Å². The predicted molar refractivity (Wildman–Crippen MR) is 79.4 cm³/mol. The number of piperidine rings is 1. The molecule has 1 fully saturated rings. The van der Waals surface area contributed by atoms with Gasteiger partial charge in [0.25, 0.3) is 0 Å². The number of benzene rings is 1. The summed E-state index contributed by atoms with van der Waals surface area (Å²) in [5.74, 6) is 0. The second-order valence-corrected chi connectivity index (χ2v) is 6.60. The van der Waals surface area contributed by atoms with Gasteiger partial charge in [-0.05, 0) is 51.4 Å². The molecule has 0 atom stereocenters. The number of aryl methyl sites for hydroxylation is 2. The van der Waals surface area contributed by atoms with Gasteiger partial charge in [0.1, 0.15) is 0 Å². The van der Waals surface area contributed by atoms with E-state index in [1.165, 1.54) is 0 Å². The van der Waals surface area contributed by atoms with Crippen molar-refractivity contribution >= 4 is 22.4 Å². The van der Waals surface area contributed by atoms with Gasteiger partial charge >= 0.3 is 0 Å². The SMILES string of the molecule is Cc1ccc(S(=O)(=O)NC2CCNCC2)c(C)c1.Cl. The summed E-state index contributed by atoms with van der Waals surface area (Å²) in [6.45, 7) is 5.55. The van der Waals surface area contributed by atoms with Gasteiger partial charge in [0, 0.05) is 6.04 Å². The highest BCUT2D eigenvalue weighted by molar-refractivity contribution is 7.89. The Morgan fingerprint density at radius 2 is 1.84 bits per heavy atom. The molecule has 2 N–H and O–H groups in total. The molecular formula is C13H21ClN2O2S. The maximum absolute atomic E-state index is 12.3. The van der Waals surface area contributed by atoms with E-state index in [2.05, 4.69) is 10.0 Å². The molecule has 1 heterocycles. The van der Waals surface area contributed by atoms with E-state index < -0.39 is 10.0 Å². The molecular weight excluding hydrogens is 284 g/mol. The van der Waals surface area contributed by atoms with Crippen LogP contribution in [0.5, 0.6) is 0 Å². The standard InChI is InChI=1S/C13H20N2O2S.ClH/c1-10-3-4-13(11(2)9-10)18(16,17)15-12-5-7-14-8-6-12;/h3-4,9,12,14-15H,5-8H2,1-2H3;1H. The minimum absolute atomic E-state index is 0. The van der Waals surface area contributed by atoms with E-state index in [1.54, 1.807) is 6.07 Å². The maximum Gasteiger partial charge on any atom is 0.241 e. The molecule has 1 saturated heterocycles. The Bertz CT molecular complexity index is 525. The zero-order valence-corrected chi connectivity index (χ0v) is 12.9. The van der Waals surface area contributed by atoms with Crippen LogP contribution in [0.3, 0.4) is 0 Å². The molecule has 0 bridgehead atoms. The minimum Gasteiger partial charge on any atom is -0.317 e. The Morgan fingerprint density at radius 3 is 2.42 bits per heavy atom. The molecule has 6 heteroatoms. The molecule has 1 aromatic rings. The molecule has 19 heavy (non-hydrogen) atoms. The van der Waals surface area contributed by atoms with E-state index >= 15 is 0 Å². The molecule has 0 unspecified atom stereocenters. The van der Waals surface area contributed by atoms with Crippen LogP contribution in [0.2, 0.25) is 0 Å². The molecule has 4 nitrogen and oxygen atoms in total. The molecule has 0 spiro atoms. The Kier molecular flexibility index (Phi) is 5.80. The normalized spacial score (nSPS) is 16.9. The Balaban J connectivity index is 0.00000180. The first-order valence-electron chi connectivity index (χ1n) is 6.29. The van der Waals surface area contributed by atoms with Gasteiger partial charge in [-0.3, -0.25) is 0 Å². The average molecular weight is 305 g/mol. The van der Waals surface area contributed by atoms with E-state index in [4.69, 9.17) is 0 Å². The molecule has 1 aliphatic heterocycles. The summed E-state index contributed by atoms with van der Waals surface area (Å²) in [4.78, 5) is 0.395. The zero-order valence-electron chi connectivity index (χ0n) is 11.3. The van der Waals surface area contributed by atoms with Crippen LogP contribution in [-0.2, 0) is 10.0 Å². The van der Waals surface area contributed by atoms with Crippen molar-refractivity contribution in [3.63, 3.8) is 0 Å². The van der Waals surface area contributed by atoms with Crippen molar-refractivity contribution in [2.75, 3.05) is 13.1 Å². The summed E-state index contributed by atoms with van der Waals surface area (Å²) in [6.07, 6.45) is 1.70. The van der Waals surface area contributed by atoms with E-state index in [9.17, 15) is 8.42 Å². The van der Waals surface area contributed by atoms with Crippen molar-refractivity contribution in [2.24, 2.45) is 0 Å². The topological polar surface area (TPSA) is 58.2 Å². The number of sulfonamides is 1. The highest BCUT2D eigenvalue weighted by Gasteiger charge is 2.22. The lowest BCUT2D eigenvalue weighted by atomic mass is 10.1. The van der Waals surface area contributed by atoms with Gasteiger partial charge in [-0.25, -0.2) is 13.1 Å². The summed E-state index contributed by atoms with van der Waals surface area (Å²) < 4.78 is 27.4. The Labute approximate surface area is 121 Å². The van der Waals surface area contributed by atoms with Gasteiger partial charge in [-0.1, -0.05) is 17.7 Å². The van der Waals surface area contributed by atoms with Crippen LogP contribution >= 0.6 is 12.4 Å². The van der Waals surface area contributed by atoms with Crippen LogP contribution in [0.15, 0.2) is 23.1 Å². The van der Waals surface area contributed by atoms with Crippen molar-refractivity contribution in [3.8, 4) is 0 Å². The van der Waals surface area contributed by atoms with Crippen LogP contribution < -0.4 is 10.0 Å². The first kappa shape index (κ1) is 16.4. The summed E-state index contributed by atoms with van der Waals surface area (Å²) in [7, 11) is -3.39. The smallest absolute Gasteiger partial charge is 0.241 e. The molecule has 0 aromatic heterocycles. The first-order chi connectivity index (χ1) is 8.49. The minimum atomic E-state index is -3.39. The van der Waals surface area contributed by atoms with E-state index in [0.29, 0.717) is 4.90 Å². The molecule has 108 valence electrons. The number of hydrogen-bond acceptors (Lipinski definition) is 3. The Morgan fingerprint density at radius 1 is 1.21 bits per heavy atom. The van der Waals surface area contributed by atoms with Crippen molar-refractivity contribution in [1.82, 2.24) is 10.0 Å². The fraction of sp³-hybridized carbons (Fsp3) is 0.538. The van der Waals surface area contributed by atoms with Gasteiger partial charge in [0.05, 0.1) is 4.90 Å². The van der Waals surface area contributed by atoms with Gasteiger partial charge in [-0.15, -0.1) is 12.4 Å². The third-order valence-corrected chi connectivity index (χ3v) is 4.96. The van der Waals surface area contributed by atoms with Crippen molar-refractivity contribution < 1.29 is 8.42 Å². The largest absolute Gasteiger partial charge is 0.317 e. The Hall–Kier alpha value is -0.620. The summed E-state index contributed by atoms with van der Waals surface area (Å²) in [5.41, 5.74) is 1.88. The highest BCUT2D eigenvalue weighted by atomic mass is 35.5. The molecule has 1 aliphatic rings. The number of halogens is 1. The van der Waals surface area contributed by atoms with Crippen LogP contribution in [0, 0.1) is 13.8 Å². The monoisotopic (exact) mass is 304 g/mol. The maximum atomic E-state index is 12.3. The quantitative estimate of drug-likeness (QED) is 0.894. The number of nitrogens with one attached hydrogen (secondary N) is 2. The summed E-state index contributed by atoms with van der Waals surface area (Å²) >= 11 is 0. The summed E-state index contributed by atoms with van der Waals surface area (Å²) in [6, 6.07) is 5.48. The molecule has 0 radical (unpaired) electrons. The van der Waals surface area contributed by atoms with Crippen molar-refractivity contribution in [1.29, 1.82) is 0 Å². The third kappa shape index (κ3) is 4.18. The summed E-state index contributed by atoms with van der Waals surface area (Å²) in [5, 5.41) is 3.22. The van der Waals surface area contributed by atoms with Crippen molar-refractivity contribution in [3.05, 3.63) is 29.3 Å². The van der Waals surface area contributed by atoms with Gasteiger partial charge in [0.2, 0.25) is 10.0 Å². The van der Waals surface area contributed by atoms with Crippen LogP contribution in [0.4, 0.5) is 0 Å². The zero-order chi connectivity index (χ0) is 13.2. The molecule has 1 aromatic carbocycles. The third-order valence-electron chi connectivity index (χ3n) is 3.28. The predicted octanol–water partition coefficient (Wildman–Crippen LogP) is 1.76. The van der Waals surface area contributed by atoms with Crippen molar-refractivity contribution in [2.45, 2.75) is 37.6 Å². The van der Waals surface area contributed by atoms with E-state index in [1.807, 2.05) is 26.0 Å². The second-order valence-electron chi connectivity index (χ2n) is 4.91. The highest BCUT2D eigenvalue weighted by Crippen LogP contribution is 2.17. The lowest BCUT2D eigenvalue weighted by Crippen LogP contribution is -2.42. The lowest BCUT2D eigenvalue weighted by Gasteiger charge is -2.23. The molecule has 0 saturated carbocycles. The number of hydrogen-bond donors (Lipinski definition) is 2. The second kappa shape index (κ2) is 6.70. The average Bonchev–Trinajstić information content (AvgIpc) is 2.29. The number of rotatable bonds is 3. The van der Waals surface area contributed by atoms with Gasteiger partial charge < -0.3 is 5.32 Å². The van der Waals surface area contributed by atoms with E-state index in [0.717, 1.165) is 37.1 Å². The first-order valence-corrected chi connectivity index (χ1v) is 7.78. The molecule has 0 aliphatic carbocycles. The molecule has 2 rings (SSSR count). The van der Waals surface area contributed by atoms with Gasteiger partial charge in [-0.2, -0.15) is 0 Å². The molecule has 0 amide bonds. The van der Waals surface area contributed by atoms with Crippen LogP contribution in [0.1, 0.15) is 24.0 Å². The fourth-order valence-corrected chi connectivity index (χ4v) is 3.86. The van der Waals surface area contributed by atoms with Crippen LogP contribution in [0.25, 0.3) is 0 Å². The fourth-order valence-electron chi connectivity index (χ4n) is 2.32.